The summed E-state index contributed by atoms with van der Waals surface area (Å²) in [4.78, 5) is 0. The predicted molar refractivity (Wildman–Crippen MR) is 229 cm³/mol. The Bertz CT molecular complexity index is 2910. The molecule has 0 nitrogen and oxygen atoms in total. The summed E-state index contributed by atoms with van der Waals surface area (Å²) < 4.78 is 0. The molecular weight excluding hydrogens is 649 g/mol. The summed E-state index contributed by atoms with van der Waals surface area (Å²) in [6.45, 7) is 9.59. The van der Waals surface area contributed by atoms with Crippen LogP contribution in [-0.4, -0.2) is 0 Å². The lowest BCUT2D eigenvalue weighted by Gasteiger charge is -2.37. The topological polar surface area (TPSA) is 0 Å². The van der Waals surface area contributed by atoms with Crippen LogP contribution in [0.5, 0.6) is 0 Å². The van der Waals surface area contributed by atoms with Crippen molar-refractivity contribution in [3.63, 3.8) is 0 Å². The van der Waals surface area contributed by atoms with E-state index in [2.05, 4.69) is 161 Å². The molecule has 0 spiro atoms. The number of rotatable bonds is 4. The molecule has 0 aromatic heterocycles. The van der Waals surface area contributed by atoms with E-state index in [1.165, 1.54) is 110 Å². The SMILES string of the molecule is CCC1(CC)c2cccc3c4ccc(-c5ccc6c(c5)C5=C(C=CC(C7=CC8=CC=C9CC=CC%10=C9C8C(=C7)C=C%10)C5)C6(C)C)cc4c4cccc1c4c23. The summed E-state index contributed by atoms with van der Waals surface area (Å²) >= 11 is 0. The summed E-state index contributed by atoms with van der Waals surface area (Å²) in [5, 5.41) is 8.51. The van der Waals surface area contributed by atoms with Gasteiger partial charge in [-0.1, -0.05) is 149 Å². The fourth-order valence-electron chi connectivity index (χ4n) is 12.0. The first-order valence-corrected chi connectivity index (χ1v) is 20.3. The summed E-state index contributed by atoms with van der Waals surface area (Å²) in [6.07, 6.45) is 28.5. The Hall–Kier alpha value is -5.46. The molecule has 2 unspecified atom stereocenters. The zero-order valence-electron chi connectivity index (χ0n) is 31.7. The molecule has 0 heterocycles. The third-order valence-electron chi connectivity index (χ3n) is 14.8. The van der Waals surface area contributed by atoms with Gasteiger partial charge in [-0.3, -0.25) is 0 Å². The zero-order valence-corrected chi connectivity index (χ0v) is 31.7. The molecule has 0 fully saturated rings. The third kappa shape index (κ3) is 3.79. The Labute approximate surface area is 318 Å². The second-order valence-electron chi connectivity index (χ2n) is 17.3. The van der Waals surface area contributed by atoms with Gasteiger partial charge in [-0.05, 0) is 148 Å². The van der Waals surface area contributed by atoms with Crippen LogP contribution in [0.1, 0.15) is 75.6 Å². The summed E-state index contributed by atoms with van der Waals surface area (Å²) in [5.41, 5.74) is 20.4. The molecule has 54 heavy (non-hydrogen) atoms. The Morgan fingerprint density at radius 2 is 1.39 bits per heavy atom. The lowest BCUT2D eigenvalue weighted by molar-refractivity contribution is 0.492. The summed E-state index contributed by atoms with van der Waals surface area (Å²) in [7, 11) is 0. The molecule has 5 aromatic rings. The first-order chi connectivity index (χ1) is 26.4. The quantitative estimate of drug-likeness (QED) is 0.165. The first kappa shape index (κ1) is 30.9. The highest BCUT2D eigenvalue weighted by molar-refractivity contribution is 6.29. The zero-order chi connectivity index (χ0) is 36.1. The van der Waals surface area contributed by atoms with Gasteiger partial charge < -0.3 is 0 Å². The van der Waals surface area contributed by atoms with Crippen molar-refractivity contribution < 1.29 is 0 Å². The Morgan fingerprint density at radius 3 is 2.19 bits per heavy atom. The van der Waals surface area contributed by atoms with Crippen LogP contribution in [0, 0.1) is 11.8 Å². The van der Waals surface area contributed by atoms with Crippen molar-refractivity contribution in [3.05, 3.63) is 195 Å². The minimum atomic E-state index is -0.0152. The molecular formula is C54H44. The average molecular weight is 693 g/mol. The van der Waals surface area contributed by atoms with Crippen molar-refractivity contribution in [2.45, 2.75) is 64.2 Å². The smallest absolute Gasteiger partial charge is 0.0348 e. The van der Waals surface area contributed by atoms with Gasteiger partial charge in [-0.2, -0.15) is 0 Å². The highest BCUT2D eigenvalue weighted by Gasteiger charge is 2.41. The second kappa shape index (κ2) is 10.6. The van der Waals surface area contributed by atoms with E-state index < -0.39 is 0 Å². The van der Waals surface area contributed by atoms with Crippen molar-refractivity contribution in [3.8, 4) is 11.1 Å². The van der Waals surface area contributed by atoms with E-state index in [0.717, 1.165) is 25.7 Å². The molecule has 5 aromatic carbocycles. The number of benzene rings is 5. The number of fused-ring (bicyclic) bond motifs is 5. The normalized spacial score (nSPS) is 23.2. The van der Waals surface area contributed by atoms with Gasteiger partial charge in [0.15, 0.2) is 0 Å². The molecule has 0 N–H and O–H groups in total. The van der Waals surface area contributed by atoms with Gasteiger partial charge in [0.2, 0.25) is 0 Å². The number of hydrogen-bond acceptors (Lipinski definition) is 0. The highest BCUT2D eigenvalue weighted by atomic mass is 14.4. The first-order valence-electron chi connectivity index (χ1n) is 20.3. The monoisotopic (exact) mass is 692 g/mol. The van der Waals surface area contributed by atoms with Crippen LogP contribution in [0.3, 0.4) is 0 Å². The van der Waals surface area contributed by atoms with Gasteiger partial charge in [0.1, 0.15) is 0 Å². The van der Waals surface area contributed by atoms with Crippen LogP contribution in [0.2, 0.25) is 0 Å². The lowest BCUT2D eigenvalue weighted by Crippen LogP contribution is -2.23. The molecule has 260 valence electrons. The molecule has 0 saturated carbocycles. The molecule has 0 aliphatic heterocycles. The van der Waals surface area contributed by atoms with Crippen molar-refractivity contribution in [2.75, 3.05) is 0 Å². The van der Waals surface area contributed by atoms with Crippen LogP contribution in [-0.2, 0) is 10.8 Å². The molecule has 7 aliphatic carbocycles. The van der Waals surface area contributed by atoms with Gasteiger partial charge in [0.25, 0.3) is 0 Å². The van der Waals surface area contributed by atoms with Crippen LogP contribution < -0.4 is 0 Å². The number of allylic oxidation sites excluding steroid dienone is 18. The van der Waals surface area contributed by atoms with Gasteiger partial charge in [-0.15, -0.1) is 0 Å². The van der Waals surface area contributed by atoms with E-state index in [1.54, 1.807) is 0 Å². The van der Waals surface area contributed by atoms with Crippen molar-refractivity contribution in [1.29, 1.82) is 0 Å². The van der Waals surface area contributed by atoms with Gasteiger partial charge in [-0.25, -0.2) is 0 Å². The summed E-state index contributed by atoms with van der Waals surface area (Å²) in [5.74, 6) is 0.746. The molecule has 0 heteroatoms. The summed E-state index contributed by atoms with van der Waals surface area (Å²) in [6, 6.07) is 28.8. The van der Waals surface area contributed by atoms with E-state index in [9.17, 15) is 0 Å². The van der Waals surface area contributed by atoms with Crippen LogP contribution in [0.25, 0.3) is 49.0 Å². The van der Waals surface area contributed by atoms with Gasteiger partial charge >= 0.3 is 0 Å². The predicted octanol–water partition coefficient (Wildman–Crippen LogP) is 14.0. The maximum Gasteiger partial charge on any atom is 0.0348 e. The lowest BCUT2D eigenvalue weighted by atomic mass is 9.67. The Kier molecular flexibility index (Phi) is 6.08. The number of hydrogen-bond donors (Lipinski definition) is 0. The molecule has 0 amide bonds. The average Bonchev–Trinajstić information content (AvgIpc) is 3.64. The highest BCUT2D eigenvalue weighted by Crippen LogP contribution is 2.56. The van der Waals surface area contributed by atoms with Gasteiger partial charge in [0.05, 0.1) is 0 Å². The molecule has 0 radical (unpaired) electrons. The molecule has 2 atom stereocenters. The minimum absolute atomic E-state index is 0.0152. The van der Waals surface area contributed by atoms with E-state index in [4.69, 9.17) is 0 Å². The van der Waals surface area contributed by atoms with E-state index >= 15 is 0 Å². The van der Waals surface area contributed by atoms with E-state index in [-0.39, 0.29) is 10.8 Å². The largest absolute Gasteiger partial charge is 0.0795 e. The van der Waals surface area contributed by atoms with E-state index in [1.807, 2.05) is 0 Å². The van der Waals surface area contributed by atoms with E-state index in [0.29, 0.717) is 11.8 Å². The third-order valence-corrected chi connectivity index (χ3v) is 14.8. The van der Waals surface area contributed by atoms with Crippen molar-refractivity contribution in [1.82, 2.24) is 0 Å². The maximum absolute atomic E-state index is 2.52. The minimum Gasteiger partial charge on any atom is -0.0795 e. The van der Waals surface area contributed by atoms with Crippen LogP contribution >= 0.6 is 0 Å². The Balaban J connectivity index is 0.954. The second-order valence-corrected chi connectivity index (χ2v) is 17.3. The Morgan fingerprint density at radius 1 is 0.648 bits per heavy atom. The molecule has 0 bridgehead atoms. The fraction of sp³-hybridized carbons (Fsp3) is 0.222. The van der Waals surface area contributed by atoms with Crippen molar-refractivity contribution >= 4 is 37.9 Å². The fourth-order valence-corrected chi connectivity index (χ4v) is 12.0. The van der Waals surface area contributed by atoms with Crippen LogP contribution in [0.4, 0.5) is 0 Å². The van der Waals surface area contributed by atoms with Gasteiger partial charge in [0, 0.05) is 22.7 Å². The molecule has 7 aliphatic rings. The van der Waals surface area contributed by atoms with Crippen molar-refractivity contribution in [2.24, 2.45) is 11.8 Å². The van der Waals surface area contributed by atoms with Crippen LogP contribution in [0.15, 0.2) is 173 Å². The molecule has 0 saturated heterocycles. The molecule has 12 rings (SSSR count). The maximum atomic E-state index is 2.52. The standard InChI is InChI=1S/C54H44/c1-5-54(6-2)47-14-8-12-40-39-23-20-33(28-42(39)41-13-9-15-48(54)52(41)51(40)47)34-21-24-45-43(29-34)44-30-35(22-25-46(44)53(45,3)4)38-26-36-18-16-31-10-7-11-32-17-19-37(27-38)50(36)49(31)32/h7-10,12-29,35,50H,5-6,11,30H2,1-4H3.